The fraction of sp³-hybridized carbons (Fsp3) is 0.700. The SMILES string of the molecule is CC(C)(C)C(=O)C(O)(CC(=O)O)CC(=O)O. The van der Waals surface area contributed by atoms with Crippen molar-refractivity contribution < 1.29 is 29.7 Å². The van der Waals surface area contributed by atoms with E-state index in [1.165, 1.54) is 20.8 Å². The van der Waals surface area contributed by atoms with E-state index < -0.39 is 41.6 Å². The Morgan fingerprint density at radius 1 is 0.938 bits per heavy atom. The highest BCUT2D eigenvalue weighted by Gasteiger charge is 2.45. The molecule has 0 saturated heterocycles. The zero-order valence-corrected chi connectivity index (χ0v) is 9.48. The third-order valence-electron chi connectivity index (χ3n) is 1.99. The molecule has 0 aliphatic heterocycles. The van der Waals surface area contributed by atoms with Gasteiger partial charge in [-0.2, -0.15) is 0 Å². The first-order valence-corrected chi connectivity index (χ1v) is 4.70. The third kappa shape index (κ3) is 3.98. The van der Waals surface area contributed by atoms with Gasteiger partial charge in [-0.3, -0.25) is 14.4 Å². The summed E-state index contributed by atoms with van der Waals surface area (Å²) in [5, 5.41) is 27.0. The molecule has 0 aromatic rings. The summed E-state index contributed by atoms with van der Waals surface area (Å²) in [7, 11) is 0. The van der Waals surface area contributed by atoms with Crippen LogP contribution in [-0.4, -0.2) is 38.6 Å². The van der Waals surface area contributed by atoms with Gasteiger partial charge in [0.2, 0.25) is 0 Å². The van der Waals surface area contributed by atoms with E-state index in [0.717, 1.165) is 0 Å². The molecule has 0 aromatic heterocycles. The molecule has 6 heteroatoms. The number of carboxylic acids is 2. The number of carboxylic acid groups (broad SMARTS) is 2. The molecule has 0 aromatic carbocycles. The van der Waals surface area contributed by atoms with Crippen molar-refractivity contribution in [3.05, 3.63) is 0 Å². The van der Waals surface area contributed by atoms with Crippen LogP contribution < -0.4 is 0 Å². The average Bonchev–Trinajstić information content (AvgIpc) is 1.97. The van der Waals surface area contributed by atoms with Crippen LogP contribution in [0.25, 0.3) is 0 Å². The van der Waals surface area contributed by atoms with Gasteiger partial charge >= 0.3 is 11.9 Å². The fourth-order valence-corrected chi connectivity index (χ4v) is 1.42. The highest BCUT2D eigenvalue weighted by molar-refractivity contribution is 5.97. The lowest BCUT2D eigenvalue weighted by molar-refractivity contribution is -0.161. The van der Waals surface area contributed by atoms with Crippen molar-refractivity contribution in [1.29, 1.82) is 0 Å². The predicted octanol–water partition coefficient (Wildman–Crippen LogP) is 0.282. The molecule has 0 aliphatic carbocycles. The maximum Gasteiger partial charge on any atom is 0.306 e. The molecule has 3 N–H and O–H groups in total. The number of Topliss-reactive ketones (excluding diaryl/α,β-unsaturated/α-hetero) is 1. The largest absolute Gasteiger partial charge is 0.481 e. The molecule has 0 unspecified atom stereocenters. The number of carbonyl (C=O) groups is 3. The van der Waals surface area contributed by atoms with Gasteiger partial charge in [-0.15, -0.1) is 0 Å². The molecular weight excluding hydrogens is 216 g/mol. The first-order valence-electron chi connectivity index (χ1n) is 4.70. The molecule has 0 radical (unpaired) electrons. The van der Waals surface area contributed by atoms with Crippen LogP contribution in [0.4, 0.5) is 0 Å². The molecule has 0 bridgehead atoms. The molecule has 0 saturated carbocycles. The van der Waals surface area contributed by atoms with E-state index in [9.17, 15) is 19.5 Å². The van der Waals surface area contributed by atoms with E-state index in [1.54, 1.807) is 0 Å². The molecule has 0 aliphatic rings. The normalized spacial score (nSPS) is 12.2. The van der Waals surface area contributed by atoms with Gasteiger partial charge in [0.1, 0.15) is 5.60 Å². The van der Waals surface area contributed by atoms with Gasteiger partial charge < -0.3 is 15.3 Å². The van der Waals surface area contributed by atoms with Gasteiger partial charge in [-0.05, 0) is 0 Å². The Morgan fingerprint density at radius 3 is 1.44 bits per heavy atom. The fourth-order valence-electron chi connectivity index (χ4n) is 1.42. The van der Waals surface area contributed by atoms with Crippen LogP contribution >= 0.6 is 0 Å². The molecule has 0 atom stereocenters. The molecule has 0 spiro atoms. The zero-order chi connectivity index (χ0) is 13.1. The first-order chi connectivity index (χ1) is 6.99. The van der Waals surface area contributed by atoms with Crippen LogP contribution in [-0.2, 0) is 14.4 Å². The molecular formula is C10H16O6. The molecule has 0 fully saturated rings. The molecule has 6 nitrogen and oxygen atoms in total. The van der Waals surface area contributed by atoms with Crippen molar-refractivity contribution in [2.24, 2.45) is 5.41 Å². The Balaban J connectivity index is 5.14. The summed E-state index contributed by atoms with van der Waals surface area (Å²) in [6.45, 7) is 4.47. The summed E-state index contributed by atoms with van der Waals surface area (Å²) < 4.78 is 0. The van der Waals surface area contributed by atoms with Crippen LogP contribution in [0.15, 0.2) is 0 Å². The van der Waals surface area contributed by atoms with Gasteiger partial charge in [-0.1, -0.05) is 20.8 Å². The van der Waals surface area contributed by atoms with Crippen LogP contribution in [0.2, 0.25) is 0 Å². The number of ketones is 1. The number of carbonyl (C=O) groups excluding carboxylic acids is 1. The maximum absolute atomic E-state index is 11.8. The Labute approximate surface area is 92.9 Å². The van der Waals surface area contributed by atoms with Gasteiger partial charge in [-0.25, -0.2) is 0 Å². The number of rotatable bonds is 5. The summed E-state index contributed by atoms with van der Waals surface area (Å²) in [6.07, 6.45) is -1.81. The summed E-state index contributed by atoms with van der Waals surface area (Å²) in [4.78, 5) is 32.8. The van der Waals surface area contributed by atoms with E-state index in [0.29, 0.717) is 0 Å². The second-order valence-electron chi connectivity index (χ2n) is 4.75. The summed E-state index contributed by atoms with van der Waals surface area (Å²) in [5.74, 6) is -3.62. The van der Waals surface area contributed by atoms with Crippen LogP contribution in [0.1, 0.15) is 33.6 Å². The Kier molecular flexibility index (Phi) is 4.20. The minimum Gasteiger partial charge on any atom is -0.481 e. The minimum atomic E-state index is -2.35. The van der Waals surface area contributed by atoms with Crippen molar-refractivity contribution in [3.63, 3.8) is 0 Å². The maximum atomic E-state index is 11.8. The number of hydrogen-bond donors (Lipinski definition) is 3. The molecule has 0 rings (SSSR count). The van der Waals surface area contributed by atoms with Crippen molar-refractivity contribution in [1.82, 2.24) is 0 Å². The average molecular weight is 232 g/mol. The third-order valence-corrected chi connectivity index (χ3v) is 1.99. The molecule has 92 valence electrons. The predicted molar refractivity (Wildman–Crippen MR) is 53.9 cm³/mol. The Morgan fingerprint density at radius 2 is 1.25 bits per heavy atom. The number of aliphatic carboxylic acids is 2. The van der Waals surface area contributed by atoms with E-state index in [4.69, 9.17) is 10.2 Å². The summed E-state index contributed by atoms with van der Waals surface area (Å²) >= 11 is 0. The van der Waals surface area contributed by atoms with Crippen molar-refractivity contribution in [3.8, 4) is 0 Å². The van der Waals surface area contributed by atoms with Crippen molar-refractivity contribution in [2.45, 2.75) is 39.2 Å². The van der Waals surface area contributed by atoms with E-state index in [2.05, 4.69) is 0 Å². The standard InChI is InChI=1S/C10H16O6/c1-9(2,3)8(15)10(16,4-6(11)12)5-7(13)14/h16H,4-5H2,1-3H3,(H,11,12)(H,13,14). The van der Waals surface area contributed by atoms with Gasteiger partial charge in [0, 0.05) is 5.41 Å². The van der Waals surface area contributed by atoms with Gasteiger partial charge in [0.05, 0.1) is 12.8 Å². The topological polar surface area (TPSA) is 112 Å². The monoisotopic (exact) mass is 232 g/mol. The van der Waals surface area contributed by atoms with Crippen LogP contribution in [0.5, 0.6) is 0 Å². The summed E-state index contributed by atoms with van der Waals surface area (Å²) in [6, 6.07) is 0. The highest BCUT2D eigenvalue weighted by atomic mass is 16.4. The number of aliphatic hydroxyl groups is 1. The molecule has 0 amide bonds. The lowest BCUT2D eigenvalue weighted by atomic mass is 9.77. The van der Waals surface area contributed by atoms with Gasteiger partial charge in [0.25, 0.3) is 0 Å². The molecule has 16 heavy (non-hydrogen) atoms. The second kappa shape index (κ2) is 4.61. The van der Waals surface area contributed by atoms with Crippen LogP contribution in [0, 0.1) is 5.41 Å². The Hall–Kier alpha value is -1.43. The van der Waals surface area contributed by atoms with Crippen LogP contribution in [0.3, 0.4) is 0 Å². The quantitative estimate of drug-likeness (QED) is 0.627. The van der Waals surface area contributed by atoms with Crippen molar-refractivity contribution >= 4 is 17.7 Å². The Bertz CT molecular complexity index is 296. The number of hydrogen-bond acceptors (Lipinski definition) is 4. The second-order valence-corrected chi connectivity index (χ2v) is 4.75. The summed E-state index contributed by atoms with van der Waals surface area (Å²) in [5.41, 5.74) is -3.35. The van der Waals surface area contributed by atoms with E-state index >= 15 is 0 Å². The molecule has 0 heterocycles. The lowest BCUT2D eigenvalue weighted by Gasteiger charge is -2.30. The van der Waals surface area contributed by atoms with E-state index in [-0.39, 0.29) is 0 Å². The van der Waals surface area contributed by atoms with Gasteiger partial charge in [0.15, 0.2) is 5.78 Å². The first kappa shape index (κ1) is 14.6. The lowest BCUT2D eigenvalue weighted by Crippen LogP contribution is -2.48. The smallest absolute Gasteiger partial charge is 0.306 e. The van der Waals surface area contributed by atoms with E-state index in [1.807, 2.05) is 0 Å². The highest BCUT2D eigenvalue weighted by Crippen LogP contribution is 2.28. The minimum absolute atomic E-state index is 0.787. The zero-order valence-electron chi connectivity index (χ0n) is 9.48. The van der Waals surface area contributed by atoms with Crippen molar-refractivity contribution in [2.75, 3.05) is 0 Å².